The van der Waals surface area contributed by atoms with Gasteiger partial charge >= 0.3 is 0 Å². The molecular weight excluding hydrogens is 406 g/mol. The molecule has 9 heteroatoms. The molecule has 1 aromatic carbocycles. The van der Waals surface area contributed by atoms with Crippen molar-refractivity contribution in [3.8, 4) is 11.5 Å². The summed E-state index contributed by atoms with van der Waals surface area (Å²) in [5, 5.41) is 2.99. The summed E-state index contributed by atoms with van der Waals surface area (Å²) in [4.78, 5) is 17.1. The number of nitrogens with one attached hydrogen (secondary N) is 1. The molecule has 30 heavy (non-hydrogen) atoms. The van der Waals surface area contributed by atoms with E-state index >= 15 is 0 Å². The van der Waals surface area contributed by atoms with E-state index in [-0.39, 0.29) is 22.8 Å². The highest BCUT2D eigenvalue weighted by molar-refractivity contribution is 7.89. The Bertz CT molecular complexity index is 1000. The molecule has 1 N–H and O–H groups in total. The number of amides is 1. The minimum Gasteiger partial charge on any atom is -0.486 e. The number of carbonyl (C=O) groups is 1. The second-order valence-electron chi connectivity index (χ2n) is 7.47. The van der Waals surface area contributed by atoms with Crippen LogP contribution in [-0.4, -0.2) is 49.9 Å². The number of benzene rings is 1. The van der Waals surface area contributed by atoms with Gasteiger partial charge in [0.05, 0.1) is 16.6 Å². The van der Waals surface area contributed by atoms with Crippen molar-refractivity contribution >= 4 is 15.9 Å². The first-order valence-electron chi connectivity index (χ1n) is 10.1. The van der Waals surface area contributed by atoms with Gasteiger partial charge in [0.25, 0.3) is 0 Å². The molecule has 0 radical (unpaired) electrons. The molecule has 160 valence electrons. The maximum absolute atomic E-state index is 13.0. The fourth-order valence-corrected chi connectivity index (χ4v) is 5.21. The highest BCUT2D eigenvalue weighted by atomic mass is 32.2. The lowest BCUT2D eigenvalue weighted by Crippen LogP contribution is -2.43. The fraction of sp³-hybridized carbons (Fsp3) is 0.429. The van der Waals surface area contributed by atoms with Crippen molar-refractivity contribution in [2.24, 2.45) is 5.92 Å². The fourth-order valence-electron chi connectivity index (χ4n) is 3.73. The Morgan fingerprint density at radius 1 is 1.13 bits per heavy atom. The van der Waals surface area contributed by atoms with Gasteiger partial charge in [-0.25, -0.2) is 8.42 Å². The van der Waals surface area contributed by atoms with Gasteiger partial charge in [-0.3, -0.25) is 9.78 Å². The van der Waals surface area contributed by atoms with Crippen LogP contribution in [0.5, 0.6) is 11.5 Å². The van der Waals surface area contributed by atoms with E-state index in [4.69, 9.17) is 9.47 Å². The highest BCUT2D eigenvalue weighted by Gasteiger charge is 2.33. The van der Waals surface area contributed by atoms with E-state index in [2.05, 4.69) is 10.3 Å². The zero-order valence-electron chi connectivity index (χ0n) is 16.8. The van der Waals surface area contributed by atoms with E-state index in [1.807, 2.05) is 25.1 Å². The molecule has 2 aliphatic heterocycles. The van der Waals surface area contributed by atoms with Crippen LogP contribution in [0.1, 0.15) is 31.5 Å². The summed E-state index contributed by atoms with van der Waals surface area (Å²) in [5.41, 5.74) is 0.796. The number of fused-ring (bicyclic) bond motifs is 1. The molecule has 1 aromatic heterocycles. The molecule has 0 saturated carbocycles. The number of piperidine rings is 1. The molecule has 8 nitrogen and oxygen atoms in total. The number of nitrogens with zero attached hydrogens (tertiary/aromatic N) is 2. The molecule has 2 aromatic rings. The first-order valence-corrected chi connectivity index (χ1v) is 11.5. The number of hydrogen-bond donors (Lipinski definition) is 1. The van der Waals surface area contributed by atoms with Crippen molar-refractivity contribution in [2.45, 2.75) is 30.7 Å². The van der Waals surface area contributed by atoms with Gasteiger partial charge in [-0.15, -0.1) is 0 Å². The minimum atomic E-state index is -3.65. The summed E-state index contributed by atoms with van der Waals surface area (Å²) >= 11 is 0. The third-order valence-electron chi connectivity index (χ3n) is 5.47. The van der Waals surface area contributed by atoms with E-state index < -0.39 is 10.0 Å². The SMILES string of the molecule is CC(NC(=O)C1CCN(S(=O)(=O)c2ccc3c(c2)OCCO3)CC1)c1ccccn1. The van der Waals surface area contributed by atoms with Crippen molar-refractivity contribution < 1.29 is 22.7 Å². The normalized spacial score (nSPS) is 18.6. The molecule has 1 unspecified atom stereocenters. The molecule has 0 aliphatic carbocycles. The van der Waals surface area contributed by atoms with Crippen molar-refractivity contribution in [1.29, 1.82) is 0 Å². The quantitative estimate of drug-likeness (QED) is 0.779. The Balaban J connectivity index is 1.37. The van der Waals surface area contributed by atoms with Crippen molar-refractivity contribution in [1.82, 2.24) is 14.6 Å². The number of sulfonamides is 1. The number of hydrogen-bond acceptors (Lipinski definition) is 6. The van der Waals surface area contributed by atoms with E-state index in [9.17, 15) is 13.2 Å². The lowest BCUT2D eigenvalue weighted by atomic mass is 9.97. The van der Waals surface area contributed by atoms with Gasteiger partial charge in [0.2, 0.25) is 15.9 Å². The number of carbonyl (C=O) groups excluding carboxylic acids is 1. The van der Waals surface area contributed by atoms with Gasteiger partial charge in [-0.05, 0) is 44.0 Å². The predicted molar refractivity (Wildman–Crippen MR) is 110 cm³/mol. The Morgan fingerprint density at radius 3 is 2.57 bits per heavy atom. The molecule has 1 atom stereocenters. The van der Waals surface area contributed by atoms with E-state index in [0.29, 0.717) is 50.6 Å². The van der Waals surface area contributed by atoms with Crippen LogP contribution in [0.2, 0.25) is 0 Å². The summed E-state index contributed by atoms with van der Waals surface area (Å²) in [7, 11) is -3.65. The summed E-state index contributed by atoms with van der Waals surface area (Å²) < 4.78 is 38.5. The lowest BCUT2D eigenvalue weighted by molar-refractivity contribution is -0.126. The minimum absolute atomic E-state index is 0.0652. The first kappa shape index (κ1) is 20.6. The van der Waals surface area contributed by atoms with Crippen LogP contribution in [0.4, 0.5) is 0 Å². The van der Waals surface area contributed by atoms with Gasteiger partial charge in [-0.2, -0.15) is 4.31 Å². The molecule has 0 spiro atoms. The number of pyridine rings is 1. The van der Waals surface area contributed by atoms with E-state index in [0.717, 1.165) is 5.69 Å². The van der Waals surface area contributed by atoms with Crippen LogP contribution in [0.3, 0.4) is 0 Å². The maximum atomic E-state index is 13.0. The third kappa shape index (κ3) is 4.27. The molecule has 1 fully saturated rings. The lowest BCUT2D eigenvalue weighted by Gasteiger charge is -2.31. The molecular formula is C21H25N3O5S. The summed E-state index contributed by atoms with van der Waals surface area (Å²) in [5.74, 6) is 0.713. The number of aromatic nitrogens is 1. The third-order valence-corrected chi connectivity index (χ3v) is 7.36. The zero-order valence-corrected chi connectivity index (χ0v) is 17.6. The summed E-state index contributed by atoms with van der Waals surface area (Å²) in [6.45, 7) is 3.34. The Labute approximate surface area is 176 Å². The predicted octanol–water partition coefficient (Wildman–Crippen LogP) is 2.13. The smallest absolute Gasteiger partial charge is 0.243 e. The van der Waals surface area contributed by atoms with Crippen LogP contribution in [-0.2, 0) is 14.8 Å². The Hall–Kier alpha value is -2.65. The number of ether oxygens (including phenoxy) is 2. The summed E-state index contributed by atoms with van der Waals surface area (Å²) in [6.07, 6.45) is 2.65. The molecule has 3 heterocycles. The van der Waals surface area contributed by atoms with Crippen LogP contribution in [0, 0.1) is 5.92 Å². The van der Waals surface area contributed by atoms with Crippen LogP contribution >= 0.6 is 0 Å². The monoisotopic (exact) mass is 431 g/mol. The largest absolute Gasteiger partial charge is 0.486 e. The van der Waals surface area contributed by atoms with Gasteiger partial charge in [0.1, 0.15) is 13.2 Å². The molecule has 1 amide bonds. The topological polar surface area (TPSA) is 97.8 Å². The standard InChI is InChI=1S/C21H25N3O5S/c1-15(18-4-2-3-9-22-18)23-21(25)16-7-10-24(11-8-16)30(26,27)17-5-6-19-20(14-17)29-13-12-28-19/h2-6,9,14-16H,7-8,10-13H2,1H3,(H,23,25). The molecule has 4 rings (SSSR count). The summed E-state index contributed by atoms with van der Waals surface area (Å²) in [6, 6.07) is 10.1. The zero-order chi connectivity index (χ0) is 21.1. The Morgan fingerprint density at radius 2 is 1.87 bits per heavy atom. The number of rotatable bonds is 5. The van der Waals surface area contributed by atoms with Gasteiger partial charge < -0.3 is 14.8 Å². The first-order chi connectivity index (χ1) is 14.4. The second kappa shape index (κ2) is 8.61. The van der Waals surface area contributed by atoms with Gasteiger partial charge in [0, 0.05) is 31.3 Å². The van der Waals surface area contributed by atoms with Gasteiger partial charge in [0.15, 0.2) is 11.5 Å². The van der Waals surface area contributed by atoms with Gasteiger partial charge in [-0.1, -0.05) is 6.07 Å². The van der Waals surface area contributed by atoms with E-state index in [1.54, 1.807) is 12.3 Å². The molecule has 1 saturated heterocycles. The van der Waals surface area contributed by atoms with Crippen LogP contribution in [0.15, 0.2) is 47.5 Å². The molecule has 0 bridgehead atoms. The Kier molecular flexibility index (Phi) is 5.92. The van der Waals surface area contributed by atoms with Crippen molar-refractivity contribution in [3.63, 3.8) is 0 Å². The van der Waals surface area contributed by atoms with Crippen LogP contribution in [0.25, 0.3) is 0 Å². The van der Waals surface area contributed by atoms with Crippen LogP contribution < -0.4 is 14.8 Å². The second-order valence-corrected chi connectivity index (χ2v) is 9.41. The maximum Gasteiger partial charge on any atom is 0.243 e. The van der Waals surface area contributed by atoms with Crippen molar-refractivity contribution in [3.05, 3.63) is 48.3 Å². The average molecular weight is 432 g/mol. The average Bonchev–Trinajstić information content (AvgIpc) is 2.79. The highest BCUT2D eigenvalue weighted by Crippen LogP contribution is 2.34. The van der Waals surface area contributed by atoms with Crippen molar-refractivity contribution in [2.75, 3.05) is 26.3 Å². The van der Waals surface area contributed by atoms with E-state index in [1.165, 1.54) is 16.4 Å². The molecule has 2 aliphatic rings.